The van der Waals surface area contributed by atoms with Crippen molar-refractivity contribution in [2.24, 2.45) is 0 Å². The van der Waals surface area contributed by atoms with Crippen molar-refractivity contribution in [2.45, 2.75) is 19.1 Å². The number of aliphatic hydroxyl groups excluding tert-OH is 1. The maximum Gasteiger partial charge on any atom is 0.262 e. The van der Waals surface area contributed by atoms with Gasteiger partial charge in [-0.2, -0.15) is 4.98 Å². The second kappa shape index (κ2) is 6.64. The third-order valence-electron chi connectivity index (χ3n) is 3.83. The van der Waals surface area contributed by atoms with Gasteiger partial charge in [0.1, 0.15) is 12.2 Å². The van der Waals surface area contributed by atoms with Gasteiger partial charge in [-0.25, -0.2) is 0 Å². The molecule has 0 saturated carbocycles. The zero-order valence-corrected chi connectivity index (χ0v) is 12.6. The number of benzene rings is 1. The lowest BCUT2D eigenvalue weighted by Crippen LogP contribution is -2.82. The Labute approximate surface area is 132 Å². The summed E-state index contributed by atoms with van der Waals surface area (Å²) >= 11 is 0. The number of aromatic amines is 2. The summed E-state index contributed by atoms with van der Waals surface area (Å²) in [6.07, 6.45) is 1.95. The van der Waals surface area contributed by atoms with E-state index >= 15 is 0 Å². The lowest BCUT2D eigenvalue weighted by Gasteiger charge is -2.09. The van der Waals surface area contributed by atoms with Gasteiger partial charge in [-0.15, -0.1) is 0 Å². The minimum atomic E-state index is -0.472. The lowest BCUT2D eigenvalue weighted by atomic mass is 10.1. The molecule has 0 bridgehead atoms. The lowest BCUT2D eigenvalue weighted by molar-refractivity contribution is -0.671. The van der Waals surface area contributed by atoms with E-state index in [4.69, 9.17) is 5.73 Å². The monoisotopic (exact) mass is 314 g/mol. The number of aliphatic hydroxyl groups is 1. The van der Waals surface area contributed by atoms with E-state index in [1.807, 2.05) is 30.3 Å². The van der Waals surface area contributed by atoms with Crippen LogP contribution in [0.3, 0.4) is 0 Å². The van der Waals surface area contributed by atoms with E-state index in [9.17, 15) is 9.90 Å². The number of quaternary nitrogens is 1. The highest BCUT2D eigenvalue weighted by Crippen LogP contribution is 2.14. The molecule has 3 rings (SSSR count). The average molecular weight is 314 g/mol. The normalized spacial score (nSPS) is 12.6. The van der Waals surface area contributed by atoms with Gasteiger partial charge >= 0.3 is 0 Å². The maximum atomic E-state index is 12.0. The zero-order chi connectivity index (χ0) is 16.2. The minimum absolute atomic E-state index is 0.103. The fraction of sp³-hybridized carbons (Fsp3) is 0.250. The van der Waals surface area contributed by atoms with Gasteiger partial charge in [-0.05, 0) is 5.56 Å². The molecule has 0 spiro atoms. The molecule has 1 atom stereocenters. The van der Waals surface area contributed by atoms with E-state index < -0.39 is 6.10 Å². The Balaban J connectivity index is 1.58. The highest BCUT2D eigenvalue weighted by Gasteiger charge is 2.12. The zero-order valence-electron chi connectivity index (χ0n) is 12.6. The SMILES string of the molecule is Nc1nc2[nH]cc(C[NH2+]CC[C@@H](O)c3ccccc3)c2c(=O)[nH]1. The Morgan fingerprint density at radius 1 is 1.30 bits per heavy atom. The van der Waals surface area contributed by atoms with Crippen molar-refractivity contribution in [3.63, 3.8) is 0 Å². The summed E-state index contributed by atoms with van der Waals surface area (Å²) in [5.74, 6) is 0.103. The number of nitrogens with one attached hydrogen (secondary N) is 2. The molecule has 23 heavy (non-hydrogen) atoms. The first-order chi connectivity index (χ1) is 11.1. The molecule has 2 heterocycles. The number of anilines is 1. The van der Waals surface area contributed by atoms with Crippen LogP contribution in [0.15, 0.2) is 41.3 Å². The van der Waals surface area contributed by atoms with Gasteiger partial charge in [-0.1, -0.05) is 30.3 Å². The van der Waals surface area contributed by atoms with E-state index in [0.717, 1.165) is 17.7 Å². The van der Waals surface area contributed by atoms with Crippen molar-refractivity contribution < 1.29 is 10.4 Å². The first-order valence-corrected chi connectivity index (χ1v) is 7.55. The van der Waals surface area contributed by atoms with Crippen LogP contribution in [0.1, 0.15) is 23.7 Å². The highest BCUT2D eigenvalue weighted by molar-refractivity contribution is 5.79. The summed E-state index contributed by atoms with van der Waals surface area (Å²) in [6.45, 7) is 1.39. The molecule has 7 heteroatoms. The molecule has 1 aromatic carbocycles. The molecule has 7 nitrogen and oxygen atoms in total. The third kappa shape index (κ3) is 3.41. The molecule has 2 aromatic heterocycles. The third-order valence-corrected chi connectivity index (χ3v) is 3.83. The highest BCUT2D eigenvalue weighted by atomic mass is 16.3. The topological polar surface area (TPSA) is 124 Å². The Kier molecular flexibility index (Phi) is 4.40. The number of fused-ring (bicyclic) bond motifs is 1. The van der Waals surface area contributed by atoms with Gasteiger partial charge in [0.25, 0.3) is 5.56 Å². The smallest absolute Gasteiger partial charge is 0.262 e. The number of nitrogens with zero attached hydrogens (tertiary/aromatic N) is 1. The molecule has 0 fully saturated rings. The van der Waals surface area contributed by atoms with Crippen LogP contribution < -0.4 is 16.6 Å². The Morgan fingerprint density at radius 3 is 2.87 bits per heavy atom. The largest absolute Gasteiger partial charge is 0.388 e. The van der Waals surface area contributed by atoms with Crippen LogP contribution in [0, 0.1) is 0 Å². The van der Waals surface area contributed by atoms with Crippen LogP contribution in [0.5, 0.6) is 0 Å². The first kappa shape index (κ1) is 15.3. The number of hydrogen-bond acceptors (Lipinski definition) is 4. The first-order valence-electron chi connectivity index (χ1n) is 7.55. The molecular formula is C16H20N5O2+. The van der Waals surface area contributed by atoms with Crippen molar-refractivity contribution >= 4 is 17.0 Å². The van der Waals surface area contributed by atoms with E-state index in [-0.39, 0.29) is 11.5 Å². The van der Waals surface area contributed by atoms with E-state index in [1.54, 1.807) is 6.20 Å². The van der Waals surface area contributed by atoms with Gasteiger partial charge < -0.3 is 21.1 Å². The maximum absolute atomic E-state index is 12.0. The molecule has 0 aliphatic carbocycles. The van der Waals surface area contributed by atoms with Gasteiger partial charge in [0.05, 0.1) is 18.0 Å². The summed E-state index contributed by atoms with van der Waals surface area (Å²) in [5, 5.41) is 12.7. The Hall–Kier alpha value is -2.64. The summed E-state index contributed by atoms with van der Waals surface area (Å²) in [7, 11) is 0. The fourth-order valence-electron chi connectivity index (χ4n) is 2.66. The Morgan fingerprint density at radius 2 is 2.09 bits per heavy atom. The molecule has 0 aliphatic heterocycles. The van der Waals surface area contributed by atoms with Crippen molar-refractivity contribution in [1.29, 1.82) is 0 Å². The van der Waals surface area contributed by atoms with Crippen LogP contribution in [0.25, 0.3) is 11.0 Å². The van der Waals surface area contributed by atoms with Gasteiger partial charge in [0, 0.05) is 18.2 Å². The number of hydrogen-bond donors (Lipinski definition) is 5. The van der Waals surface area contributed by atoms with Crippen molar-refractivity contribution in [2.75, 3.05) is 12.3 Å². The van der Waals surface area contributed by atoms with Gasteiger partial charge in [0.15, 0.2) is 0 Å². The minimum Gasteiger partial charge on any atom is -0.388 e. The van der Waals surface area contributed by atoms with Crippen LogP contribution in [0.4, 0.5) is 5.95 Å². The predicted molar refractivity (Wildman–Crippen MR) is 87.6 cm³/mol. The second-order valence-corrected chi connectivity index (χ2v) is 5.49. The van der Waals surface area contributed by atoms with Crippen molar-refractivity contribution in [3.05, 3.63) is 58.0 Å². The molecule has 120 valence electrons. The summed E-state index contributed by atoms with van der Waals surface area (Å²) in [4.78, 5) is 21.5. The molecule has 0 aliphatic rings. The van der Waals surface area contributed by atoms with Gasteiger partial charge in [0.2, 0.25) is 5.95 Å². The molecule has 0 amide bonds. The van der Waals surface area contributed by atoms with Crippen molar-refractivity contribution in [1.82, 2.24) is 15.0 Å². The fourth-order valence-corrected chi connectivity index (χ4v) is 2.66. The number of nitrogens with two attached hydrogens (primary N) is 2. The van der Waals surface area contributed by atoms with Gasteiger partial charge in [-0.3, -0.25) is 9.78 Å². The van der Waals surface area contributed by atoms with E-state index in [2.05, 4.69) is 20.3 Å². The predicted octanol–water partition coefficient (Wildman–Crippen LogP) is 0.0205. The van der Waals surface area contributed by atoms with E-state index in [0.29, 0.717) is 24.0 Å². The van der Waals surface area contributed by atoms with Crippen LogP contribution >= 0.6 is 0 Å². The van der Waals surface area contributed by atoms with E-state index in [1.165, 1.54) is 0 Å². The molecular weight excluding hydrogens is 294 g/mol. The number of H-pyrrole nitrogens is 2. The number of aromatic nitrogens is 3. The number of nitrogen functional groups attached to an aromatic ring is 1. The Bertz CT molecular complexity index is 841. The van der Waals surface area contributed by atoms with Crippen molar-refractivity contribution in [3.8, 4) is 0 Å². The molecule has 0 radical (unpaired) electrons. The molecule has 0 unspecified atom stereocenters. The van der Waals surface area contributed by atoms with Crippen LogP contribution in [0.2, 0.25) is 0 Å². The average Bonchev–Trinajstić information content (AvgIpc) is 2.95. The molecule has 7 N–H and O–H groups in total. The molecule has 0 saturated heterocycles. The quantitative estimate of drug-likeness (QED) is 0.411. The number of rotatable bonds is 6. The standard InChI is InChI=1S/C16H19N5O2/c17-16-20-14-13(15(23)21-16)11(9-19-14)8-18-7-6-12(22)10-4-2-1-3-5-10/h1-5,9,12,18,22H,6-8H2,(H4,17,19,20,21,23)/p+1/t12-/m1/s1. The molecule has 3 aromatic rings. The second-order valence-electron chi connectivity index (χ2n) is 5.49. The summed E-state index contributed by atoms with van der Waals surface area (Å²) < 4.78 is 0. The van der Waals surface area contributed by atoms with Crippen LogP contribution in [-0.4, -0.2) is 26.6 Å². The summed E-state index contributed by atoms with van der Waals surface area (Å²) in [5.41, 5.74) is 7.58. The summed E-state index contributed by atoms with van der Waals surface area (Å²) in [6, 6.07) is 9.59. The van der Waals surface area contributed by atoms with Crippen LogP contribution in [-0.2, 0) is 6.54 Å².